The highest BCUT2D eigenvalue weighted by atomic mass is 127. The number of amides is 1. The van der Waals surface area contributed by atoms with Crippen LogP contribution in [-0.2, 0) is 4.79 Å². The molecule has 0 saturated carbocycles. The normalized spacial score (nSPS) is 10.6. The number of ether oxygens (including phenoxy) is 2. The van der Waals surface area contributed by atoms with Crippen molar-refractivity contribution < 1.29 is 24.2 Å². The van der Waals surface area contributed by atoms with Gasteiger partial charge >= 0.3 is 5.97 Å². The zero-order chi connectivity index (χ0) is 19.8. The highest BCUT2D eigenvalue weighted by Crippen LogP contribution is 2.33. The minimum Gasteiger partial charge on any atom is -0.490 e. The summed E-state index contributed by atoms with van der Waals surface area (Å²) in [7, 11) is 0. The van der Waals surface area contributed by atoms with Gasteiger partial charge in [0, 0.05) is 9.13 Å². The van der Waals surface area contributed by atoms with E-state index < -0.39 is 12.6 Å². The molecule has 0 aliphatic heterocycles. The summed E-state index contributed by atoms with van der Waals surface area (Å²) < 4.78 is 12.5. The van der Waals surface area contributed by atoms with Crippen LogP contribution >= 0.6 is 45.2 Å². The number of carbonyl (C=O) groups is 2. The molecule has 0 unspecified atom stereocenters. The maximum absolute atomic E-state index is 12.1. The van der Waals surface area contributed by atoms with Gasteiger partial charge in [0.25, 0.3) is 5.91 Å². The second kappa shape index (κ2) is 10.4. The SMILES string of the molecule is CCOc1cc(/C=N\NC(=O)c2ccc(I)cc2)cc(I)c1OCC(=O)O. The molecule has 27 heavy (non-hydrogen) atoms. The zero-order valence-corrected chi connectivity index (χ0v) is 18.6. The van der Waals surface area contributed by atoms with E-state index in [4.69, 9.17) is 14.6 Å². The minimum absolute atomic E-state index is 0.316. The average molecular weight is 594 g/mol. The third kappa shape index (κ3) is 6.65. The van der Waals surface area contributed by atoms with Crippen molar-refractivity contribution >= 4 is 63.3 Å². The van der Waals surface area contributed by atoms with Crippen LogP contribution in [0.5, 0.6) is 11.5 Å². The maximum atomic E-state index is 12.1. The third-order valence-electron chi connectivity index (χ3n) is 3.16. The maximum Gasteiger partial charge on any atom is 0.341 e. The Kier molecular flexibility index (Phi) is 8.28. The third-order valence-corrected chi connectivity index (χ3v) is 4.68. The van der Waals surface area contributed by atoms with Crippen molar-refractivity contribution in [2.24, 2.45) is 5.10 Å². The Bertz CT molecular complexity index is 854. The van der Waals surface area contributed by atoms with Gasteiger partial charge in [-0.2, -0.15) is 5.10 Å². The quantitative estimate of drug-likeness (QED) is 0.277. The van der Waals surface area contributed by atoms with Gasteiger partial charge in [0.2, 0.25) is 0 Å². The Morgan fingerprint density at radius 2 is 1.89 bits per heavy atom. The fraction of sp³-hybridized carbons (Fsp3) is 0.167. The molecular weight excluding hydrogens is 578 g/mol. The van der Waals surface area contributed by atoms with Crippen molar-refractivity contribution in [3.8, 4) is 11.5 Å². The van der Waals surface area contributed by atoms with E-state index in [1.54, 1.807) is 24.3 Å². The largest absolute Gasteiger partial charge is 0.490 e. The van der Waals surface area contributed by atoms with Gasteiger partial charge in [0.05, 0.1) is 16.4 Å². The second-order valence-corrected chi connectivity index (χ2v) is 7.56. The predicted molar refractivity (Wildman–Crippen MR) is 118 cm³/mol. The van der Waals surface area contributed by atoms with E-state index in [0.717, 1.165) is 3.57 Å². The molecule has 0 heterocycles. The van der Waals surface area contributed by atoms with E-state index in [1.165, 1.54) is 6.21 Å². The predicted octanol–water partition coefficient (Wildman–Crippen LogP) is 3.52. The molecule has 9 heteroatoms. The first-order chi connectivity index (χ1) is 12.9. The number of hydrazone groups is 1. The van der Waals surface area contributed by atoms with Gasteiger partial charge in [-0.15, -0.1) is 0 Å². The lowest BCUT2D eigenvalue weighted by Gasteiger charge is -2.13. The van der Waals surface area contributed by atoms with Crippen LogP contribution in [0.15, 0.2) is 41.5 Å². The van der Waals surface area contributed by atoms with Gasteiger partial charge in [-0.3, -0.25) is 4.79 Å². The molecule has 0 saturated heterocycles. The van der Waals surface area contributed by atoms with Crippen LogP contribution in [0.4, 0.5) is 0 Å². The molecule has 0 radical (unpaired) electrons. The zero-order valence-electron chi connectivity index (χ0n) is 14.2. The van der Waals surface area contributed by atoms with Crippen LogP contribution < -0.4 is 14.9 Å². The van der Waals surface area contributed by atoms with E-state index in [1.807, 2.05) is 41.6 Å². The fourth-order valence-corrected chi connectivity index (χ4v) is 3.17. The van der Waals surface area contributed by atoms with Crippen molar-refractivity contribution in [1.82, 2.24) is 5.43 Å². The number of hydrogen-bond acceptors (Lipinski definition) is 5. The molecular formula is C18H16I2N2O5. The Balaban J connectivity index is 2.12. The lowest BCUT2D eigenvalue weighted by atomic mass is 10.2. The summed E-state index contributed by atoms with van der Waals surface area (Å²) in [5.74, 6) is -0.614. The molecule has 0 spiro atoms. The number of carboxylic acid groups (broad SMARTS) is 1. The summed E-state index contributed by atoms with van der Waals surface area (Å²) in [6.45, 7) is 1.75. The fourth-order valence-electron chi connectivity index (χ4n) is 2.03. The molecule has 0 aliphatic rings. The van der Waals surface area contributed by atoms with Crippen LogP contribution in [-0.4, -0.2) is 36.4 Å². The van der Waals surface area contributed by atoms with E-state index in [-0.39, 0.29) is 5.91 Å². The van der Waals surface area contributed by atoms with Crippen LogP contribution in [0.3, 0.4) is 0 Å². The van der Waals surface area contributed by atoms with E-state index >= 15 is 0 Å². The van der Waals surface area contributed by atoms with Gasteiger partial charge in [-0.25, -0.2) is 10.2 Å². The van der Waals surface area contributed by atoms with Crippen molar-refractivity contribution in [3.05, 3.63) is 54.7 Å². The molecule has 0 aromatic heterocycles. The summed E-state index contributed by atoms with van der Waals surface area (Å²) in [5, 5.41) is 12.8. The lowest BCUT2D eigenvalue weighted by Crippen LogP contribution is -2.17. The number of benzene rings is 2. The van der Waals surface area contributed by atoms with Gasteiger partial charge in [0.1, 0.15) is 0 Å². The molecule has 2 N–H and O–H groups in total. The lowest BCUT2D eigenvalue weighted by molar-refractivity contribution is -0.139. The van der Waals surface area contributed by atoms with Crippen molar-refractivity contribution in [2.75, 3.05) is 13.2 Å². The van der Waals surface area contributed by atoms with Gasteiger partial charge < -0.3 is 14.6 Å². The highest BCUT2D eigenvalue weighted by Gasteiger charge is 2.13. The van der Waals surface area contributed by atoms with Crippen LogP contribution in [0.1, 0.15) is 22.8 Å². The van der Waals surface area contributed by atoms with Crippen molar-refractivity contribution in [1.29, 1.82) is 0 Å². The summed E-state index contributed by atoms with van der Waals surface area (Å²) in [5.41, 5.74) is 3.65. The topological polar surface area (TPSA) is 97.2 Å². The number of carbonyl (C=O) groups excluding carboxylic acids is 1. The summed E-state index contributed by atoms with van der Waals surface area (Å²) in [4.78, 5) is 22.8. The first kappa shape index (κ1) is 21.4. The Labute approximate surface area is 183 Å². The van der Waals surface area contributed by atoms with Crippen LogP contribution in [0.25, 0.3) is 0 Å². The summed E-state index contributed by atoms with van der Waals surface area (Å²) >= 11 is 4.19. The Hall–Kier alpha value is -1.89. The van der Waals surface area contributed by atoms with Gasteiger partial charge in [-0.1, -0.05) is 0 Å². The Morgan fingerprint density at radius 3 is 2.52 bits per heavy atom. The minimum atomic E-state index is -1.07. The standard InChI is InChI=1S/C18H16I2N2O5/c1-2-26-15-8-11(7-14(20)17(15)27-10-16(23)24)9-21-22-18(25)12-3-5-13(19)6-4-12/h3-9H,2,10H2,1H3,(H,22,25)(H,23,24)/b21-9-. The Morgan fingerprint density at radius 1 is 1.19 bits per heavy atom. The smallest absolute Gasteiger partial charge is 0.341 e. The number of hydrogen-bond donors (Lipinski definition) is 2. The number of halogens is 2. The van der Waals surface area contributed by atoms with Crippen molar-refractivity contribution in [3.63, 3.8) is 0 Å². The highest BCUT2D eigenvalue weighted by molar-refractivity contribution is 14.1. The first-order valence-electron chi connectivity index (χ1n) is 7.80. The molecule has 2 rings (SSSR count). The molecule has 2 aromatic rings. The van der Waals surface area contributed by atoms with Crippen LogP contribution in [0, 0.1) is 7.14 Å². The number of rotatable bonds is 8. The van der Waals surface area contributed by atoms with E-state index in [2.05, 4.69) is 33.1 Å². The summed E-state index contributed by atoms with van der Waals surface area (Å²) in [6, 6.07) is 10.5. The first-order valence-corrected chi connectivity index (χ1v) is 9.96. The number of nitrogens with zero attached hydrogens (tertiary/aromatic N) is 1. The molecule has 0 aliphatic carbocycles. The van der Waals surface area contributed by atoms with E-state index in [0.29, 0.717) is 32.8 Å². The molecule has 2 aromatic carbocycles. The monoisotopic (exact) mass is 594 g/mol. The molecule has 142 valence electrons. The van der Waals surface area contributed by atoms with Gasteiger partial charge in [0.15, 0.2) is 18.1 Å². The van der Waals surface area contributed by atoms with E-state index in [9.17, 15) is 9.59 Å². The number of carboxylic acids is 1. The molecule has 0 fully saturated rings. The van der Waals surface area contributed by atoms with Crippen LogP contribution in [0.2, 0.25) is 0 Å². The molecule has 0 bridgehead atoms. The van der Waals surface area contributed by atoms with Gasteiger partial charge in [-0.05, 0) is 94.1 Å². The number of aliphatic carboxylic acids is 1. The summed E-state index contributed by atoms with van der Waals surface area (Å²) in [6.07, 6.45) is 1.48. The molecule has 1 amide bonds. The van der Waals surface area contributed by atoms with Crippen molar-refractivity contribution in [2.45, 2.75) is 6.92 Å². The molecule has 0 atom stereocenters. The second-order valence-electron chi connectivity index (χ2n) is 5.15. The average Bonchev–Trinajstić information content (AvgIpc) is 2.61. The number of nitrogens with one attached hydrogen (secondary N) is 1. The molecule has 7 nitrogen and oxygen atoms in total.